The molecule has 2 aliphatic rings. The minimum absolute atomic E-state index is 0.0351. The van der Waals surface area contributed by atoms with Crippen LogP contribution in [-0.4, -0.2) is 69.8 Å². The van der Waals surface area contributed by atoms with Crippen molar-refractivity contribution in [3.05, 3.63) is 11.9 Å². The van der Waals surface area contributed by atoms with Gasteiger partial charge in [-0.1, -0.05) is 5.21 Å². The highest BCUT2D eigenvalue weighted by Crippen LogP contribution is 2.51. The standard InChI is InChI=1S/C14H21F2N3O4/c1-22-9-4-11(21)14(8-20,23-6-9)7-19-5-10(17-18-19)13(2-3-13)12(15)16/h5,9,11-12,20-21H,2-4,6-8H2,1H3. The number of alkyl halides is 2. The van der Waals surface area contributed by atoms with Gasteiger partial charge in [0.05, 0.1) is 43.1 Å². The maximum atomic E-state index is 13.1. The molecule has 0 bridgehead atoms. The lowest BCUT2D eigenvalue weighted by Gasteiger charge is -2.42. The maximum Gasteiger partial charge on any atom is 0.249 e. The highest BCUT2D eigenvalue weighted by atomic mass is 19.3. The van der Waals surface area contributed by atoms with E-state index in [1.165, 1.54) is 18.0 Å². The van der Waals surface area contributed by atoms with Crippen molar-refractivity contribution in [1.82, 2.24) is 15.0 Å². The minimum atomic E-state index is -2.47. The SMILES string of the molecule is COC1COC(CO)(Cn2cc(C3(C(F)F)CC3)nn2)C(O)C1. The van der Waals surface area contributed by atoms with Crippen molar-refractivity contribution in [2.24, 2.45) is 0 Å². The molecule has 0 amide bonds. The molecule has 0 radical (unpaired) electrons. The Morgan fingerprint density at radius 2 is 2.26 bits per heavy atom. The normalized spacial score (nSPS) is 33.1. The highest BCUT2D eigenvalue weighted by molar-refractivity contribution is 5.23. The van der Waals surface area contributed by atoms with Crippen LogP contribution < -0.4 is 0 Å². The number of hydrogen-bond acceptors (Lipinski definition) is 6. The Kier molecular flexibility index (Phi) is 4.39. The first-order valence-electron chi connectivity index (χ1n) is 7.60. The first kappa shape index (κ1) is 16.7. The van der Waals surface area contributed by atoms with E-state index in [1.54, 1.807) is 0 Å². The number of methoxy groups -OCH3 is 1. The molecule has 2 fully saturated rings. The van der Waals surface area contributed by atoms with Crippen LogP contribution in [0.1, 0.15) is 25.0 Å². The predicted octanol–water partition coefficient (Wildman–Crippen LogP) is 0.102. The average molecular weight is 333 g/mol. The topological polar surface area (TPSA) is 89.6 Å². The highest BCUT2D eigenvalue weighted by Gasteiger charge is 2.55. The van der Waals surface area contributed by atoms with Crippen LogP contribution in [0.4, 0.5) is 8.78 Å². The first-order chi connectivity index (χ1) is 11.0. The summed E-state index contributed by atoms with van der Waals surface area (Å²) in [5, 5.41) is 27.7. The molecule has 1 aromatic heterocycles. The fourth-order valence-electron chi connectivity index (χ4n) is 3.00. The average Bonchev–Trinajstić information content (AvgIpc) is 3.24. The molecule has 0 aromatic carbocycles. The second-order valence-electron chi connectivity index (χ2n) is 6.40. The van der Waals surface area contributed by atoms with Crippen LogP contribution in [0.2, 0.25) is 0 Å². The molecule has 1 aliphatic heterocycles. The van der Waals surface area contributed by atoms with Crippen LogP contribution in [0, 0.1) is 0 Å². The summed E-state index contributed by atoms with van der Waals surface area (Å²) in [6.07, 6.45) is -1.12. The molecule has 1 aliphatic carbocycles. The number of ether oxygens (including phenoxy) is 2. The third-order valence-electron chi connectivity index (χ3n) is 4.94. The molecule has 3 unspecified atom stereocenters. The van der Waals surface area contributed by atoms with Gasteiger partial charge in [-0.25, -0.2) is 13.5 Å². The molecule has 2 heterocycles. The fourth-order valence-corrected chi connectivity index (χ4v) is 3.00. The Labute approximate surface area is 132 Å². The smallest absolute Gasteiger partial charge is 0.249 e. The Balaban J connectivity index is 1.74. The number of nitrogens with zero attached hydrogens (tertiary/aromatic N) is 3. The molecule has 1 aromatic rings. The minimum Gasteiger partial charge on any atom is -0.393 e. The van der Waals surface area contributed by atoms with Crippen molar-refractivity contribution in [1.29, 1.82) is 0 Å². The number of hydrogen-bond donors (Lipinski definition) is 2. The lowest BCUT2D eigenvalue weighted by Crippen LogP contribution is -2.57. The summed E-state index contributed by atoms with van der Waals surface area (Å²) in [7, 11) is 1.52. The van der Waals surface area contributed by atoms with Crippen LogP contribution in [0.15, 0.2) is 6.20 Å². The molecule has 7 nitrogen and oxygen atoms in total. The van der Waals surface area contributed by atoms with E-state index < -0.39 is 30.2 Å². The summed E-state index contributed by atoms with van der Waals surface area (Å²) in [5.74, 6) is 0. The van der Waals surface area contributed by atoms with Gasteiger partial charge < -0.3 is 19.7 Å². The number of rotatable bonds is 6. The van der Waals surface area contributed by atoms with Crippen molar-refractivity contribution in [3.63, 3.8) is 0 Å². The molecular weight excluding hydrogens is 312 g/mol. The number of aliphatic hydroxyl groups is 2. The lowest BCUT2D eigenvalue weighted by molar-refractivity contribution is -0.214. The summed E-state index contributed by atoms with van der Waals surface area (Å²) < 4.78 is 38.4. The largest absolute Gasteiger partial charge is 0.393 e. The number of aliphatic hydroxyl groups excluding tert-OH is 2. The van der Waals surface area contributed by atoms with Gasteiger partial charge in [-0.2, -0.15) is 0 Å². The first-order valence-corrected chi connectivity index (χ1v) is 7.60. The van der Waals surface area contributed by atoms with Gasteiger partial charge in [-0.05, 0) is 12.8 Å². The molecular formula is C14H21F2N3O4. The summed E-state index contributed by atoms with van der Waals surface area (Å²) in [6.45, 7) is -0.149. The summed E-state index contributed by atoms with van der Waals surface area (Å²) in [5.41, 5.74) is -2.17. The summed E-state index contributed by atoms with van der Waals surface area (Å²) in [4.78, 5) is 0. The van der Waals surface area contributed by atoms with E-state index >= 15 is 0 Å². The van der Waals surface area contributed by atoms with E-state index in [2.05, 4.69) is 10.3 Å². The molecule has 130 valence electrons. The van der Waals surface area contributed by atoms with Crippen molar-refractivity contribution in [2.45, 2.75) is 55.5 Å². The van der Waals surface area contributed by atoms with E-state index in [-0.39, 0.29) is 24.9 Å². The van der Waals surface area contributed by atoms with Crippen molar-refractivity contribution in [2.75, 3.05) is 20.3 Å². The Hall–Kier alpha value is -1.16. The van der Waals surface area contributed by atoms with Crippen LogP contribution in [-0.2, 0) is 21.4 Å². The van der Waals surface area contributed by atoms with E-state index in [9.17, 15) is 19.0 Å². The van der Waals surface area contributed by atoms with Crippen molar-refractivity contribution in [3.8, 4) is 0 Å². The molecule has 9 heteroatoms. The summed E-state index contributed by atoms with van der Waals surface area (Å²) in [6, 6.07) is 0. The lowest BCUT2D eigenvalue weighted by atomic mass is 9.90. The number of halogens is 2. The zero-order valence-corrected chi connectivity index (χ0v) is 12.9. The van der Waals surface area contributed by atoms with Crippen LogP contribution >= 0.6 is 0 Å². The van der Waals surface area contributed by atoms with Gasteiger partial charge in [0.1, 0.15) is 5.60 Å². The monoisotopic (exact) mass is 333 g/mol. The summed E-state index contributed by atoms with van der Waals surface area (Å²) >= 11 is 0. The Morgan fingerprint density at radius 1 is 1.52 bits per heavy atom. The van der Waals surface area contributed by atoms with Crippen LogP contribution in [0.3, 0.4) is 0 Å². The van der Waals surface area contributed by atoms with Gasteiger partial charge >= 0.3 is 0 Å². The second kappa shape index (κ2) is 6.04. The van der Waals surface area contributed by atoms with Gasteiger partial charge in [0.25, 0.3) is 0 Å². The van der Waals surface area contributed by atoms with Gasteiger partial charge in [0.2, 0.25) is 6.43 Å². The Bertz CT molecular complexity index is 552. The van der Waals surface area contributed by atoms with Crippen LogP contribution in [0.5, 0.6) is 0 Å². The Morgan fingerprint density at radius 3 is 2.78 bits per heavy atom. The van der Waals surface area contributed by atoms with E-state index in [0.29, 0.717) is 19.3 Å². The van der Waals surface area contributed by atoms with Crippen LogP contribution in [0.25, 0.3) is 0 Å². The van der Waals surface area contributed by atoms with E-state index in [1.807, 2.05) is 0 Å². The molecule has 1 saturated carbocycles. The third kappa shape index (κ3) is 2.86. The molecule has 0 spiro atoms. The van der Waals surface area contributed by atoms with E-state index in [4.69, 9.17) is 9.47 Å². The van der Waals surface area contributed by atoms with Crippen molar-refractivity contribution >= 4 is 0 Å². The predicted molar refractivity (Wildman–Crippen MR) is 74.1 cm³/mol. The molecule has 1 saturated heterocycles. The fraction of sp³-hybridized carbons (Fsp3) is 0.857. The van der Waals surface area contributed by atoms with Crippen molar-refractivity contribution < 1.29 is 28.5 Å². The zero-order valence-electron chi connectivity index (χ0n) is 12.9. The third-order valence-corrected chi connectivity index (χ3v) is 4.94. The van der Waals surface area contributed by atoms with E-state index in [0.717, 1.165) is 0 Å². The van der Waals surface area contributed by atoms with Gasteiger partial charge in [0, 0.05) is 19.7 Å². The van der Waals surface area contributed by atoms with Gasteiger partial charge in [-0.3, -0.25) is 0 Å². The van der Waals surface area contributed by atoms with Gasteiger partial charge in [-0.15, -0.1) is 5.10 Å². The zero-order chi connectivity index (χ0) is 16.7. The molecule has 23 heavy (non-hydrogen) atoms. The molecule has 3 atom stereocenters. The quantitative estimate of drug-likeness (QED) is 0.768. The van der Waals surface area contributed by atoms with Gasteiger partial charge in [0.15, 0.2) is 0 Å². The molecule has 3 rings (SSSR count). The molecule has 2 N–H and O–H groups in total. The number of aromatic nitrogens is 3. The second-order valence-corrected chi connectivity index (χ2v) is 6.40. The maximum absolute atomic E-state index is 13.1.